The van der Waals surface area contributed by atoms with Crippen LogP contribution in [0.4, 0.5) is 0 Å². The highest BCUT2D eigenvalue weighted by Gasteiger charge is 2.14. The lowest BCUT2D eigenvalue weighted by Crippen LogP contribution is -2.42. The zero-order chi connectivity index (χ0) is 14.8. The second-order valence-electron chi connectivity index (χ2n) is 5.68. The van der Waals surface area contributed by atoms with E-state index < -0.39 is 0 Å². The maximum Gasteiger partial charge on any atom is 0.209 e. The van der Waals surface area contributed by atoms with Crippen molar-refractivity contribution >= 4 is 11.1 Å². The number of piperazine rings is 1. The Kier molecular flexibility index (Phi) is 3.62. The number of fused-ring (bicyclic) bond motifs is 1. The Morgan fingerprint density at radius 2 is 1.82 bits per heavy atom. The molecule has 0 atom stereocenters. The molecular formula is C18H19N3O. The summed E-state index contributed by atoms with van der Waals surface area (Å²) in [5.74, 6) is 0.808. The molecule has 0 saturated carbocycles. The van der Waals surface area contributed by atoms with Crippen molar-refractivity contribution in [2.24, 2.45) is 0 Å². The van der Waals surface area contributed by atoms with Crippen molar-refractivity contribution in [2.75, 3.05) is 26.2 Å². The lowest BCUT2D eigenvalue weighted by Gasteiger charge is -2.25. The Morgan fingerprint density at radius 1 is 1.00 bits per heavy atom. The van der Waals surface area contributed by atoms with E-state index in [0.717, 1.165) is 49.7 Å². The molecule has 0 unspecified atom stereocenters. The summed E-state index contributed by atoms with van der Waals surface area (Å²) in [5, 5.41) is 3.36. The SMILES string of the molecule is c1ccc(-c2ccc3oc(CN4CCNCC4)nc3c2)cc1. The maximum atomic E-state index is 5.89. The second kappa shape index (κ2) is 5.91. The van der Waals surface area contributed by atoms with Crippen LogP contribution in [-0.2, 0) is 6.54 Å². The van der Waals surface area contributed by atoms with Gasteiger partial charge in [0, 0.05) is 26.2 Å². The van der Waals surface area contributed by atoms with Crippen LogP contribution >= 0.6 is 0 Å². The fourth-order valence-electron chi connectivity index (χ4n) is 2.91. The predicted molar refractivity (Wildman–Crippen MR) is 87.6 cm³/mol. The summed E-state index contributed by atoms with van der Waals surface area (Å²) in [4.78, 5) is 7.04. The first-order valence-electron chi connectivity index (χ1n) is 7.76. The van der Waals surface area contributed by atoms with Gasteiger partial charge in [0.25, 0.3) is 0 Å². The fourth-order valence-corrected chi connectivity index (χ4v) is 2.91. The Labute approximate surface area is 129 Å². The van der Waals surface area contributed by atoms with E-state index in [1.54, 1.807) is 0 Å². The van der Waals surface area contributed by atoms with Crippen molar-refractivity contribution in [3.05, 3.63) is 54.4 Å². The Bertz CT molecular complexity index is 760. The van der Waals surface area contributed by atoms with Crippen molar-refractivity contribution in [3.63, 3.8) is 0 Å². The van der Waals surface area contributed by atoms with Crippen molar-refractivity contribution < 1.29 is 4.42 Å². The lowest BCUT2D eigenvalue weighted by atomic mass is 10.1. The number of rotatable bonds is 3. The summed E-state index contributed by atoms with van der Waals surface area (Å²) in [6, 6.07) is 16.6. The molecule has 3 aromatic rings. The third-order valence-electron chi connectivity index (χ3n) is 4.11. The van der Waals surface area contributed by atoms with Gasteiger partial charge in [0.05, 0.1) is 6.54 Å². The molecule has 0 radical (unpaired) electrons. The van der Waals surface area contributed by atoms with Gasteiger partial charge in [-0.15, -0.1) is 0 Å². The zero-order valence-corrected chi connectivity index (χ0v) is 12.5. The molecule has 4 rings (SSSR count). The largest absolute Gasteiger partial charge is 0.439 e. The Balaban J connectivity index is 1.60. The minimum atomic E-state index is 0.789. The summed E-state index contributed by atoms with van der Waals surface area (Å²) in [5.41, 5.74) is 4.18. The standard InChI is InChI=1S/C18H19N3O/c1-2-4-14(5-3-1)15-6-7-17-16(12-15)20-18(22-17)13-21-10-8-19-9-11-21/h1-7,12,19H,8-11,13H2. The van der Waals surface area contributed by atoms with E-state index in [0.29, 0.717) is 0 Å². The Morgan fingerprint density at radius 3 is 2.64 bits per heavy atom. The van der Waals surface area contributed by atoms with Crippen LogP contribution < -0.4 is 5.32 Å². The van der Waals surface area contributed by atoms with Crippen molar-refractivity contribution in [2.45, 2.75) is 6.54 Å². The third kappa shape index (κ3) is 2.75. The highest BCUT2D eigenvalue weighted by atomic mass is 16.3. The average molecular weight is 293 g/mol. The molecule has 0 bridgehead atoms. The van der Waals surface area contributed by atoms with Crippen molar-refractivity contribution in [1.29, 1.82) is 0 Å². The van der Waals surface area contributed by atoms with E-state index in [9.17, 15) is 0 Å². The van der Waals surface area contributed by atoms with E-state index >= 15 is 0 Å². The molecule has 2 heterocycles. The number of oxazole rings is 1. The number of nitrogens with one attached hydrogen (secondary N) is 1. The molecule has 1 aliphatic heterocycles. The molecule has 1 N–H and O–H groups in total. The van der Waals surface area contributed by atoms with Gasteiger partial charge in [0.15, 0.2) is 5.58 Å². The number of aromatic nitrogens is 1. The van der Waals surface area contributed by atoms with E-state index in [1.807, 2.05) is 12.1 Å². The first-order valence-corrected chi connectivity index (χ1v) is 7.76. The van der Waals surface area contributed by atoms with Crippen LogP contribution in [0.15, 0.2) is 52.9 Å². The monoisotopic (exact) mass is 293 g/mol. The summed E-state index contributed by atoms with van der Waals surface area (Å²) < 4.78 is 5.89. The fraction of sp³-hybridized carbons (Fsp3) is 0.278. The van der Waals surface area contributed by atoms with Crippen molar-refractivity contribution in [3.8, 4) is 11.1 Å². The molecule has 1 aromatic heterocycles. The topological polar surface area (TPSA) is 41.3 Å². The first kappa shape index (κ1) is 13.5. The predicted octanol–water partition coefficient (Wildman–Crippen LogP) is 2.90. The molecule has 1 aliphatic rings. The van der Waals surface area contributed by atoms with E-state index in [2.05, 4.69) is 51.6 Å². The van der Waals surface area contributed by atoms with E-state index in [1.165, 1.54) is 11.1 Å². The minimum Gasteiger partial charge on any atom is -0.439 e. The molecule has 4 heteroatoms. The van der Waals surface area contributed by atoms with Gasteiger partial charge in [0.2, 0.25) is 5.89 Å². The van der Waals surface area contributed by atoms with Crippen molar-refractivity contribution in [1.82, 2.24) is 15.2 Å². The quantitative estimate of drug-likeness (QED) is 0.806. The molecule has 2 aromatic carbocycles. The maximum absolute atomic E-state index is 5.89. The second-order valence-corrected chi connectivity index (χ2v) is 5.68. The molecule has 1 fully saturated rings. The van der Waals surface area contributed by atoms with Crippen LogP contribution in [0.5, 0.6) is 0 Å². The zero-order valence-electron chi connectivity index (χ0n) is 12.5. The van der Waals surface area contributed by atoms with Crippen LogP contribution in [0.3, 0.4) is 0 Å². The summed E-state index contributed by atoms with van der Waals surface area (Å²) >= 11 is 0. The number of hydrogen-bond acceptors (Lipinski definition) is 4. The van der Waals surface area contributed by atoms with Gasteiger partial charge in [-0.05, 0) is 23.3 Å². The van der Waals surface area contributed by atoms with E-state index in [-0.39, 0.29) is 0 Å². The highest BCUT2D eigenvalue weighted by molar-refractivity contribution is 5.80. The minimum absolute atomic E-state index is 0.789. The summed E-state index contributed by atoms with van der Waals surface area (Å²) in [7, 11) is 0. The van der Waals surface area contributed by atoms with Gasteiger partial charge in [-0.2, -0.15) is 0 Å². The molecule has 0 spiro atoms. The average Bonchev–Trinajstić information content (AvgIpc) is 2.98. The lowest BCUT2D eigenvalue weighted by molar-refractivity contribution is 0.214. The molecule has 0 amide bonds. The van der Waals surface area contributed by atoms with Gasteiger partial charge < -0.3 is 9.73 Å². The molecule has 1 saturated heterocycles. The number of hydrogen-bond donors (Lipinski definition) is 1. The van der Waals surface area contributed by atoms with Gasteiger partial charge in [0.1, 0.15) is 5.52 Å². The van der Waals surface area contributed by atoms with Gasteiger partial charge in [-0.25, -0.2) is 4.98 Å². The molecular weight excluding hydrogens is 274 g/mol. The Hall–Kier alpha value is -2.17. The molecule has 4 nitrogen and oxygen atoms in total. The highest BCUT2D eigenvalue weighted by Crippen LogP contribution is 2.25. The van der Waals surface area contributed by atoms with Gasteiger partial charge in [-0.1, -0.05) is 36.4 Å². The smallest absolute Gasteiger partial charge is 0.209 e. The van der Waals surface area contributed by atoms with Crippen LogP contribution in [-0.4, -0.2) is 36.1 Å². The van der Waals surface area contributed by atoms with Crippen LogP contribution in [0.1, 0.15) is 5.89 Å². The summed E-state index contributed by atoms with van der Waals surface area (Å²) in [6.07, 6.45) is 0. The summed E-state index contributed by atoms with van der Waals surface area (Å²) in [6.45, 7) is 4.97. The molecule has 22 heavy (non-hydrogen) atoms. The van der Waals surface area contributed by atoms with Crippen LogP contribution in [0, 0.1) is 0 Å². The molecule has 112 valence electrons. The first-order chi connectivity index (χ1) is 10.9. The van der Waals surface area contributed by atoms with Gasteiger partial charge >= 0.3 is 0 Å². The third-order valence-corrected chi connectivity index (χ3v) is 4.11. The number of benzene rings is 2. The molecule has 0 aliphatic carbocycles. The van der Waals surface area contributed by atoms with E-state index in [4.69, 9.17) is 4.42 Å². The van der Waals surface area contributed by atoms with Crippen LogP contribution in [0.2, 0.25) is 0 Å². The van der Waals surface area contributed by atoms with Gasteiger partial charge in [-0.3, -0.25) is 4.90 Å². The number of nitrogens with zero attached hydrogens (tertiary/aromatic N) is 2. The normalized spacial score (nSPS) is 16.2. The van der Waals surface area contributed by atoms with Crippen LogP contribution in [0.25, 0.3) is 22.2 Å².